The van der Waals surface area contributed by atoms with E-state index in [4.69, 9.17) is 9.84 Å². The molecule has 1 amide bonds. The van der Waals surface area contributed by atoms with Gasteiger partial charge in [0.2, 0.25) is 0 Å². The Bertz CT molecular complexity index is 1280. The van der Waals surface area contributed by atoms with Gasteiger partial charge in [0, 0.05) is 24.4 Å². The van der Waals surface area contributed by atoms with Crippen LogP contribution in [-0.4, -0.2) is 39.0 Å². The molecule has 162 valence electrons. The fourth-order valence-corrected chi connectivity index (χ4v) is 3.89. The van der Waals surface area contributed by atoms with E-state index in [9.17, 15) is 9.18 Å². The average molecular weight is 435 g/mol. The van der Waals surface area contributed by atoms with Crippen LogP contribution in [0, 0.1) is 11.6 Å². The summed E-state index contributed by atoms with van der Waals surface area (Å²) in [6, 6.07) is 17.7. The van der Waals surface area contributed by atoms with Crippen LogP contribution in [0.1, 0.15) is 17.0 Å². The van der Waals surface area contributed by atoms with Crippen molar-refractivity contribution >= 4 is 17.0 Å². The molecule has 1 aliphatic heterocycles. The fraction of sp³-hybridized carbons (Fsp3) is 0.167. The fourth-order valence-electron chi connectivity index (χ4n) is 3.89. The molecule has 3 aromatic carbocycles. The Morgan fingerprint density at radius 3 is 2.50 bits per heavy atom. The van der Waals surface area contributed by atoms with E-state index in [-0.39, 0.29) is 18.0 Å². The second-order valence-electron chi connectivity index (χ2n) is 7.75. The van der Waals surface area contributed by atoms with Crippen molar-refractivity contribution in [2.24, 2.45) is 0 Å². The number of nitrogens with zero attached hydrogens (tertiary/aromatic N) is 3. The zero-order chi connectivity index (χ0) is 22.2. The minimum atomic E-state index is -0.922. The standard InChI is InChI=1S/C24H19F2N3O3/c25-20-10-17-11-27-29(19-8-6-16(7-9-19)18-12-28(13-18)24(30)31)22(17)21(26)23(20)32-14-15-4-2-1-3-5-15/h1-11,18H,12-14H2,(H,30,31). The Hall–Kier alpha value is -3.94. The Morgan fingerprint density at radius 2 is 1.81 bits per heavy atom. The highest BCUT2D eigenvalue weighted by molar-refractivity contribution is 5.83. The largest absolute Gasteiger partial charge is 0.483 e. The molecule has 0 saturated carbocycles. The van der Waals surface area contributed by atoms with Crippen LogP contribution in [-0.2, 0) is 6.61 Å². The van der Waals surface area contributed by atoms with Gasteiger partial charge < -0.3 is 14.7 Å². The lowest BCUT2D eigenvalue weighted by Gasteiger charge is -2.37. The number of aromatic nitrogens is 2. The van der Waals surface area contributed by atoms with Crippen molar-refractivity contribution in [1.29, 1.82) is 0 Å². The number of fused-ring (bicyclic) bond motifs is 1. The first kappa shape index (κ1) is 20.0. The number of carbonyl (C=O) groups is 1. The molecule has 4 aromatic rings. The summed E-state index contributed by atoms with van der Waals surface area (Å²) in [7, 11) is 0. The first-order valence-corrected chi connectivity index (χ1v) is 10.1. The van der Waals surface area contributed by atoms with Gasteiger partial charge in [-0.3, -0.25) is 0 Å². The summed E-state index contributed by atoms with van der Waals surface area (Å²) in [5.41, 5.74) is 2.54. The van der Waals surface area contributed by atoms with Gasteiger partial charge in [-0.15, -0.1) is 0 Å². The lowest BCUT2D eigenvalue weighted by molar-refractivity contribution is 0.105. The number of ether oxygens (including phenoxy) is 1. The number of hydrogen-bond donors (Lipinski definition) is 1. The number of likely N-dealkylation sites (tertiary alicyclic amines) is 1. The zero-order valence-corrected chi connectivity index (χ0v) is 16.9. The van der Waals surface area contributed by atoms with Gasteiger partial charge in [0.1, 0.15) is 12.1 Å². The molecule has 0 atom stereocenters. The molecule has 2 heterocycles. The predicted molar refractivity (Wildman–Crippen MR) is 114 cm³/mol. The summed E-state index contributed by atoms with van der Waals surface area (Å²) in [4.78, 5) is 12.3. The Balaban J connectivity index is 1.43. The lowest BCUT2D eigenvalue weighted by Crippen LogP contribution is -2.47. The molecule has 1 aromatic heterocycles. The number of hydrogen-bond acceptors (Lipinski definition) is 3. The van der Waals surface area contributed by atoms with Crippen LogP contribution in [0.2, 0.25) is 0 Å². The van der Waals surface area contributed by atoms with Crippen molar-refractivity contribution in [3.8, 4) is 11.4 Å². The Morgan fingerprint density at radius 1 is 1.09 bits per heavy atom. The maximum atomic E-state index is 15.3. The van der Waals surface area contributed by atoms with Gasteiger partial charge in [0.15, 0.2) is 17.4 Å². The maximum Gasteiger partial charge on any atom is 0.407 e. The smallest absolute Gasteiger partial charge is 0.407 e. The number of amides is 1. The molecule has 1 saturated heterocycles. The van der Waals surface area contributed by atoms with Crippen molar-refractivity contribution in [3.05, 3.63) is 89.6 Å². The van der Waals surface area contributed by atoms with E-state index in [1.165, 1.54) is 21.8 Å². The van der Waals surface area contributed by atoms with Crippen LogP contribution >= 0.6 is 0 Å². The van der Waals surface area contributed by atoms with Gasteiger partial charge in [-0.05, 0) is 29.3 Å². The summed E-state index contributed by atoms with van der Waals surface area (Å²) < 4.78 is 36.7. The summed E-state index contributed by atoms with van der Waals surface area (Å²) in [5.74, 6) is -1.90. The molecule has 1 fully saturated rings. The van der Waals surface area contributed by atoms with Crippen LogP contribution in [0.15, 0.2) is 66.9 Å². The monoisotopic (exact) mass is 435 g/mol. The zero-order valence-electron chi connectivity index (χ0n) is 16.9. The molecule has 5 rings (SSSR count). The highest BCUT2D eigenvalue weighted by Crippen LogP contribution is 2.33. The number of carboxylic acid groups (broad SMARTS) is 1. The summed E-state index contributed by atoms with van der Waals surface area (Å²) in [6.07, 6.45) is 0.487. The van der Waals surface area contributed by atoms with Gasteiger partial charge in [-0.2, -0.15) is 5.10 Å². The van der Waals surface area contributed by atoms with Gasteiger partial charge >= 0.3 is 6.09 Å². The van der Waals surface area contributed by atoms with E-state index >= 15 is 4.39 Å². The normalized spacial score (nSPS) is 13.9. The molecule has 0 aliphatic carbocycles. The summed E-state index contributed by atoms with van der Waals surface area (Å²) in [6.45, 7) is 0.947. The number of halogens is 2. The van der Waals surface area contributed by atoms with Crippen LogP contribution in [0.3, 0.4) is 0 Å². The maximum absolute atomic E-state index is 15.3. The minimum Gasteiger partial charge on any atom is -0.483 e. The molecule has 1 N–H and O–H groups in total. The minimum absolute atomic E-state index is 0.0395. The van der Waals surface area contributed by atoms with Gasteiger partial charge in [-0.25, -0.2) is 18.3 Å². The van der Waals surface area contributed by atoms with Crippen LogP contribution in [0.25, 0.3) is 16.6 Å². The highest BCUT2D eigenvalue weighted by Gasteiger charge is 2.31. The van der Waals surface area contributed by atoms with Crippen molar-refractivity contribution in [3.63, 3.8) is 0 Å². The van der Waals surface area contributed by atoms with Crippen LogP contribution in [0.5, 0.6) is 5.75 Å². The highest BCUT2D eigenvalue weighted by atomic mass is 19.1. The molecular weight excluding hydrogens is 416 g/mol. The lowest BCUT2D eigenvalue weighted by atomic mass is 9.92. The SMILES string of the molecule is O=C(O)N1CC(c2ccc(-n3ncc4cc(F)c(OCc5ccccc5)c(F)c43)cc2)C1. The summed E-state index contributed by atoms with van der Waals surface area (Å²) in [5, 5.41) is 13.5. The summed E-state index contributed by atoms with van der Waals surface area (Å²) >= 11 is 0. The third-order valence-corrected chi connectivity index (χ3v) is 5.69. The van der Waals surface area contributed by atoms with Gasteiger partial charge in [-0.1, -0.05) is 42.5 Å². The molecule has 0 bridgehead atoms. The van der Waals surface area contributed by atoms with Crippen molar-refractivity contribution in [2.75, 3.05) is 13.1 Å². The second kappa shape index (κ2) is 7.96. The van der Waals surface area contributed by atoms with Gasteiger partial charge in [0.25, 0.3) is 0 Å². The second-order valence-corrected chi connectivity index (χ2v) is 7.75. The van der Waals surface area contributed by atoms with Crippen molar-refractivity contribution in [2.45, 2.75) is 12.5 Å². The third-order valence-electron chi connectivity index (χ3n) is 5.69. The molecule has 32 heavy (non-hydrogen) atoms. The van der Waals surface area contributed by atoms with E-state index in [0.717, 1.165) is 11.1 Å². The van der Waals surface area contributed by atoms with Crippen LogP contribution in [0.4, 0.5) is 13.6 Å². The van der Waals surface area contributed by atoms with Gasteiger partial charge in [0.05, 0.1) is 11.9 Å². The molecule has 8 heteroatoms. The number of rotatable bonds is 5. The molecule has 1 aliphatic rings. The first-order chi connectivity index (χ1) is 15.5. The topological polar surface area (TPSA) is 67.6 Å². The van der Waals surface area contributed by atoms with E-state index in [2.05, 4.69) is 5.10 Å². The Labute approximate surface area is 182 Å². The molecule has 0 spiro atoms. The van der Waals surface area contributed by atoms with Crippen molar-refractivity contribution in [1.82, 2.24) is 14.7 Å². The molecular formula is C24H19F2N3O3. The first-order valence-electron chi connectivity index (χ1n) is 10.1. The van der Waals surface area contributed by atoms with E-state index in [1.54, 1.807) is 12.1 Å². The van der Waals surface area contributed by atoms with Crippen LogP contribution < -0.4 is 4.74 Å². The molecule has 0 radical (unpaired) electrons. The van der Waals surface area contributed by atoms with Crippen molar-refractivity contribution < 1.29 is 23.4 Å². The van der Waals surface area contributed by atoms with E-state index in [0.29, 0.717) is 24.2 Å². The third kappa shape index (κ3) is 3.53. The average Bonchev–Trinajstić information content (AvgIpc) is 3.17. The predicted octanol–water partition coefficient (Wildman–Crippen LogP) is 4.96. The van der Waals surface area contributed by atoms with E-state index < -0.39 is 23.5 Å². The Kier molecular flexibility index (Phi) is 4.97. The molecule has 6 nitrogen and oxygen atoms in total. The van der Waals surface area contributed by atoms with E-state index in [1.807, 2.05) is 42.5 Å². The molecule has 0 unspecified atom stereocenters. The quantitative estimate of drug-likeness (QED) is 0.481. The number of benzene rings is 3.